The smallest absolute Gasteiger partial charge is 0.211 e. The highest BCUT2D eigenvalue weighted by Crippen LogP contribution is 2.25. The summed E-state index contributed by atoms with van der Waals surface area (Å²) in [6.45, 7) is 4.39. The molecule has 8 heteroatoms. The predicted octanol–water partition coefficient (Wildman–Crippen LogP) is 1.35. The van der Waals surface area contributed by atoms with Crippen LogP contribution in [0.3, 0.4) is 0 Å². The first-order chi connectivity index (χ1) is 11.8. The molecule has 3 aromatic rings. The lowest BCUT2D eigenvalue weighted by Crippen LogP contribution is -2.35. The van der Waals surface area contributed by atoms with E-state index >= 15 is 0 Å². The van der Waals surface area contributed by atoms with Crippen LogP contribution in [0.15, 0.2) is 24.4 Å². The Morgan fingerprint density at radius 3 is 3.04 bits per heavy atom. The first kappa shape index (κ1) is 14.9. The molecule has 0 spiro atoms. The third-order valence-electron chi connectivity index (χ3n) is 4.14. The largest absolute Gasteiger partial charge is 0.379 e. The van der Waals surface area contributed by atoms with Gasteiger partial charge in [0.2, 0.25) is 6.41 Å². The monoisotopic (exact) mass is 326 g/mol. The quantitative estimate of drug-likeness (QED) is 0.615. The van der Waals surface area contributed by atoms with Crippen molar-refractivity contribution in [1.29, 1.82) is 0 Å². The summed E-state index contributed by atoms with van der Waals surface area (Å²) in [6.07, 6.45) is 2.25. The molecule has 1 amide bonds. The molecule has 24 heavy (non-hydrogen) atoms. The average molecular weight is 326 g/mol. The SMILES string of the molecule is O=CNc1c[nH]nc1-c1nc2cc(CN3CCOCC3)ccc2[nH]1. The van der Waals surface area contributed by atoms with Crippen LogP contribution in [0.5, 0.6) is 0 Å². The van der Waals surface area contributed by atoms with E-state index < -0.39 is 0 Å². The molecular formula is C16H18N6O2. The van der Waals surface area contributed by atoms with Gasteiger partial charge in [-0.2, -0.15) is 5.10 Å². The van der Waals surface area contributed by atoms with Crippen LogP contribution in [0, 0.1) is 0 Å². The third-order valence-corrected chi connectivity index (χ3v) is 4.14. The van der Waals surface area contributed by atoms with Crippen molar-refractivity contribution >= 4 is 23.1 Å². The normalized spacial score (nSPS) is 15.7. The maximum absolute atomic E-state index is 10.7. The van der Waals surface area contributed by atoms with E-state index in [2.05, 4.69) is 42.5 Å². The van der Waals surface area contributed by atoms with Crippen LogP contribution < -0.4 is 5.32 Å². The molecular weight excluding hydrogens is 308 g/mol. The first-order valence-electron chi connectivity index (χ1n) is 7.86. The lowest BCUT2D eigenvalue weighted by molar-refractivity contribution is -0.105. The zero-order chi connectivity index (χ0) is 16.4. The zero-order valence-electron chi connectivity index (χ0n) is 13.1. The number of aromatic amines is 2. The first-order valence-corrected chi connectivity index (χ1v) is 7.86. The number of aromatic nitrogens is 4. The Morgan fingerprint density at radius 1 is 1.33 bits per heavy atom. The van der Waals surface area contributed by atoms with E-state index in [0.717, 1.165) is 43.9 Å². The molecule has 1 aliphatic rings. The molecule has 1 fully saturated rings. The van der Waals surface area contributed by atoms with E-state index in [0.29, 0.717) is 23.6 Å². The van der Waals surface area contributed by atoms with Gasteiger partial charge >= 0.3 is 0 Å². The molecule has 2 aromatic heterocycles. The molecule has 4 rings (SSSR count). The lowest BCUT2D eigenvalue weighted by atomic mass is 10.2. The van der Waals surface area contributed by atoms with E-state index in [1.54, 1.807) is 6.20 Å². The molecule has 8 nitrogen and oxygen atoms in total. The lowest BCUT2D eigenvalue weighted by Gasteiger charge is -2.26. The van der Waals surface area contributed by atoms with Gasteiger partial charge in [-0.05, 0) is 17.7 Å². The highest BCUT2D eigenvalue weighted by Gasteiger charge is 2.14. The molecule has 0 atom stereocenters. The number of imidazole rings is 1. The van der Waals surface area contributed by atoms with Crippen molar-refractivity contribution in [3.05, 3.63) is 30.0 Å². The second-order valence-electron chi connectivity index (χ2n) is 5.74. The van der Waals surface area contributed by atoms with Crippen LogP contribution in [-0.4, -0.2) is 57.8 Å². The van der Waals surface area contributed by atoms with E-state index in [1.807, 2.05) is 6.07 Å². The summed E-state index contributed by atoms with van der Waals surface area (Å²) >= 11 is 0. The van der Waals surface area contributed by atoms with E-state index in [1.165, 1.54) is 5.56 Å². The molecule has 1 saturated heterocycles. The fourth-order valence-electron chi connectivity index (χ4n) is 2.92. The van der Waals surface area contributed by atoms with Gasteiger partial charge in [0.15, 0.2) is 11.5 Å². The van der Waals surface area contributed by atoms with Gasteiger partial charge in [-0.25, -0.2) is 4.98 Å². The zero-order valence-corrected chi connectivity index (χ0v) is 13.1. The Kier molecular flexibility index (Phi) is 3.97. The van der Waals surface area contributed by atoms with Crippen LogP contribution in [0.25, 0.3) is 22.6 Å². The van der Waals surface area contributed by atoms with Gasteiger partial charge in [0.25, 0.3) is 0 Å². The van der Waals surface area contributed by atoms with Gasteiger partial charge in [-0.1, -0.05) is 6.07 Å². The maximum Gasteiger partial charge on any atom is 0.211 e. The van der Waals surface area contributed by atoms with Crippen molar-refractivity contribution in [2.45, 2.75) is 6.54 Å². The number of benzene rings is 1. The number of anilines is 1. The summed E-state index contributed by atoms with van der Waals surface area (Å²) in [4.78, 5) is 20.9. The molecule has 3 heterocycles. The molecule has 1 aromatic carbocycles. The van der Waals surface area contributed by atoms with Crippen molar-refractivity contribution in [2.75, 3.05) is 31.6 Å². The number of ether oxygens (including phenoxy) is 1. The number of H-pyrrole nitrogens is 2. The minimum Gasteiger partial charge on any atom is -0.379 e. The fourth-order valence-corrected chi connectivity index (χ4v) is 2.92. The second-order valence-corrected chi connectivity index (χ2v) is 5.74. The van der Waals surface area contributed by atoms with Gasteiger partial charge in [0, 0.05) is 25.8 Å². The molecule has 0 aliphatic carbocycles. The van der Waals surface area contributed by atoms with Gasteiger partial charge in [0.1, 0.15) is 0 Å². The Bertz CT molecular complexity index is 849. The summed E-state index contributed by atoms with van der Waals surface area (Å²) in [7, 11) is 0. The summed E-state index contributed by atoms with van der Waals surface area (Å²) in [6, 6.07) is 6.22. The summed E-state index contributed by atoms with van der Waals surface area (Å²) in [5, 5.41) is 9.51. The Labute approximate surface area is 138 Å². The summed E-state index contributed by atoms with van der Waals surface area (Å²) in [5.74, 6) is 0.624. The number of amides is 1. The van der Waals surface area contributed by atoms with E-state index in [-0.39, 0.29) is 0 Å². The molecule has 0 unspecified atom stereocenters. The van der Waals surface area contributed by atoms with Crippen molar-refractivity contribution in [2.24, 2.45) is 0 Å². The van der Waals surface area contributed by atoms with Crippen LogP contribution >= 0.6 is 0 Å². The highest BCUT2D eigenvalue weighted by molar-refractivity contribution is 5.85. The van der Waals surface area contributed by atoms with Crippen molar-refractivity contribution < 1.29 is 9.53 Å². The summed E-state index contributed by atoms with van der Waals surface area (Å²) < 4.78 is 5.38. The molecule has 1 aliphatic heterocycles. The van der Waals surface area contributed by atoms with Gasteiger partial charge < -0.3 is 15.0 Å². The van der Waals surface area contributed by atoms with Crippen molar-refractivity contribution in [3.8, 4) is 11.5 Å². The molecule has 0 saturated carbocycles. The Morgan fingerprint density at radius 2 is 2.21 bits per heavy atom. The maximum atomic E-state index is 10.7. The van der Waals surface area contributed by atoms with E-state index in [9.17, 15) is 4.79 Å². The standard InChI is InChI=1S/C16H18N6O2/c23-10-17-14-8-18-21-15(14)16-19-12-2-1-11(7-13(12)20-16)9-22-3-5-24-6-4-22/h1-2,7-8,10H,3-6,9H2,(H,17,23)(H,18,21)(H,19,20). The Balaban J connectivity index is 1.61. The number of rotatable bonds is 5. The Hall–Kier alpha value is -2.71. The molecule has 3 N–H and O–H groups in total. The number of fused-ring (bicyclic) bond motifs is 1. The fraction of sp³-hybridized carbons (Fsp3) is 0.312. The minimum atomic E-state index is 0.591. The number of carbonyl (C=O) groups excluding carboxylic acids is 1. The van der Waals surface area contributed by atoms with E-state index in [4.69, 9.17) is 4.74 Å². The topological polar surface area (TPSA) is 98.9 Å². The van der Waals surface area contributed by atoms with Crippen molar-refractivity contribution in [3.63, 3.8) is 0 Å². The minimum absolute atomic E-state index is 0.591. The average Bonchev–Trinajstić information content (AvgIpc) is 3.22. The van der Waals surface area contributed by atoms with Crippen LogP contribution in [-0.2, 0) is 16.1 Å². The summed E-state index contributed by atoms with van der Waals surface area (Å²) in [5.41, 5.74) is 4.23. The number of nitrogens with zero attached hydrogens (tertiary/aromatic N) is 3. The number of carbonyl (C=O) groups is 1. The molecule has 0 bridgehead atoms. The van der Waals surface area contributed by atoms with Crippen LogP contribution in [0.4, 0.5) is 5.69 Å². The molecule has 0 radical (unpaired) electrons. The predicted molar refractivity (Wildman–Crippen MR) is 89.5 cm³/mol. The number of hydrogen-bond acceptors (Lipinski definition) is 5. The van der Waals surface area contributed by atoms with Gasteiger partial charge in [0.05, 0.1) is 29.9 Å². The van der Waals surface area contributed by atoms with Crippen molar-refractivity contribution in [1.82, 2.24) is 25.1 Å². The third kappa shape index (κ3) is 2.89. The van der Waals surface area contributed by atoms with Gasteiger partial charge in [-0.3, -0.25) is 14.8 Å². The van der Waals surface area contributed by atoms with Gasteiger partial charge in [-0.15, -0.1) is 0 Å². The van der Waals surface area contributed by atoms with Crippen LogP contribution in [0.2, 0.25) is 0 Å². The number of hydrogen-bond donors (Lipinski definition) is 3. The van der Waals surface area contributed by atoms with Crippen LogP contribution in [0.1, 0.15) is 5.56 Å². The molecule has 124 valence electrons. The number of nitrogens with one attached hydrogen (secondary N) is 3. The number of morpholine rings is 1. The second kappa shape index (κ2) is 6.42. The highest BCUT2D eigenvalue weighted by atomic mass is 16.5.